The van der Waals surface area contributed by atoms with Crippen LogP contribution in [0.5, 0.6) is 0 Å². The van der Waals surface area contributed by atoms with E-state index < -0.39 is 5.25 Å². The van der Waals surface area contributed by atoms with Gasteiger partial charge in [0.2, 0.25) is 5.91 Å². The first kappa shape index (κ1) is 24.6. The molecule has 5 rings (SSSR count). The summed E-state index contributed by atoms with van der Waals surface area (Å²) in [5.41, 5.74) is 2.80. The van der Waals surface area contributed by atoms with E-state index in [4.69, 9.17) is 11.6 Å². The van der Waals surface area contributed by atoms with Gasteiger partial charge in [-0.15, -0.1) is 11.8 Å². The Balaban J connectivity index is 1.35. The Morgan fingerprint density at radius 1 is 0.649 bits per heavy atom. The zero-order valence-corrected chi connectivity index (χ0v) is 21.3. The fraction of sp³-hybridized carbons (Fsp3) is 0.0323. The lowest BCUT2D eigenvalue weighted by atomic mass is 10.1. The second kappa shape index (κ2) is 11.3. The standard InChI is InChI=1S/C31H23ClN2O2S/c32-25-15-17-26(18-16-25)33-31(36)29(22-8-2-1-3-9-22)37-28-12-6-11-27(20-28)34-30(35)24-14-13-21-7-4-5-10-23(21)19-24/h1-20,29H,(H,33,36)(H,34,35). The molecular formula is C31H23ClN2O2S. The van der Waals surface area contributed by atoms with E-state index in [0.717, 1.165) is 21.2 Å². The smallest absolute Gasteiger partial charge is 0.255 e. The van der Waals surface area contributed by atoms with E-state index in [1.807, 2.05) is 97.1 Å². The van der Waals surface area contributed by atoms with Crippen LogP contribution in [-0.4, -0.2) is 11.8 Å². The van der Waals surface area contributed by atoms with Gasteiger partial charge in [-0.1, -0.05) is 78.3 Å². The quantitative estimate of drug-likeness (QED) is 0.212. The van der Waals surface area contributed by atoms with Gasteiger partial charge in [0.05, 0.1) is 0 Å². The molecule has 0 saturated carbocycles. The van der Waals surface area contributed by atoms with Crippen molar-refractivity contribution in [1.82, 2.24) is 0 Å². The Bertz CT molecular complexity index is 1560. The molecule has 1 unspecified atom stereocenters. The predicted molar refractivity (Wildman–Crippen MR) is 153 cm³/mol. The van der Waals surface area contributed by atoms with Crippen molar-refractivity contribution >= 4 is 57.3 Å². The van der Waals surface area contributed by atoms with Crippen molar-refractivity contribution in [3.05, 3.63) is 137 Å². The zero-order chi connectivity index (χ0) is 25.6. The molecule has 0 aromatic heterocycles. The van der Waals surface area contributed by atoms with Crippen molar-refractivity contribution in [2.45, 2.75) is 10.1 Å². The SMILES string of the molecule is O=C(Nc1cccc(SC(C(=O)Nc2ccc(Cl)cc2)c2ccccc2)c1)c1ccc2ccccc2c1. The molecule has 0 aliphatic carbocycles. The molecule has 2 N–H and O–H groups in total. The molecule has 182 valence electrons. The van der Waals surface area contributed by atoms with Crippen LogP contribution in [0.1, 0.15) is 21.2 Å². The lowest BCUT2D eigenvalue weighted by molar-refractivity contribution is -0.115. The van der Waals surface area contributed by atoms with Gasteiger partial charge in [-0.05, 0) is 70.9 Å². The van der Waals surface area contributed by atoms with Crippen LogP contribution in [0.3, 0.4) is 0 Å². The number of benzene rings is 5. The number of rotatable bonds is 7. The molecule has 37 heavy (non-hydrogen) atoms. The van der Waals surface area contributed by atoms with Crippen molar-refractivity contribution in [3.8, 4) is 0 Å². The van der Waals surface area contributed by atoms with Crippen molar-refractivity contribution in [2.75, 3.05) is 10.6 Å². The topological polar surface area (TPSA) is 58.2 Å². The highest BCUT2D eigenvalue weighted by atomic mass is 35.5. The normalized spacial score (nSPS) is 11.6. The van der Waals surface area contributed by atoms with Crippen LogP contribution in [-0.2, 0) is 4.79 Å². The molecule has 0 aliphatic heterocycles. The fourth-order valence-corrected chi connectivity index (χ4v) is 5.17. The summed E-state index contributed by atoms with van der Waals surface area (Å²) in [5.74, 6) is -0.336. The van der Waals surface area contributed by atoms with Crippen LogP contribution in [0.4, 0.5) is 11.4 Å². The van der Waals surface area contributed by atoms with Gasteiger partial charge in [0, 0.05) is 26.9 Å². The number of nitrogens with one attached hydrogen (secondary N) is 2. The molecule has 0 spiro atoms. The van der Waals surface area contributed by atoms with E-state index >= 15 is 0 Å². The minimum Gasteiger partial charge on any atom is -0.325 e. The molecule has 4 nitrogen and oxygen atoms in total. The number of hydrogen-bond donors (Lipinski definition) is 2. The number of halogens is 1. The summed E-state index contributed by atoms with van der Waals surface area (Å²) in [7, 11) is 0. The summed E-state index contributed by atoms with van der Waals surface area (Å²) < 4.78 is 0. The van der Waals surface area contributed by atoms with Crippen LogP contribution in [0.25, 0.3) is 10.8 Å². The molecule has 0 fully saturated rings. The average Bonchev–Trinajstić information content (AvgIpc) is 2.93. The average molecular weight is 523 g/mol. The first-order valence-electron chi connectivity index (χ1n) is 11.7. The molecule has 1 atom stereocenters. The Labute approximate surface area is 224 Å². The summed E-state index contributed by atoms with van der Waals surface area (Å²) in [5, 5.41) is 8.17. The second-order valence-corrected chi connectivity index (χ2v) is 10.1. The third kappa shape index (κ3) is 6.20. The molecule has 0 saturated heterocycles. The van der Waals surface area contributed by atoms with Gasteiger partial charge in [0.25, 0.3) is 5.91 Å². The maximum atomic E-state index is 13.3. The van der Waals surface area contributed by atoms with E-state index in [1.54, 1.807) is 24.3 Å². The number of carbonyl (C=O) groups excluding carboxylic acids is 2. The minimum atomic E-state index is -0.497. The van der Waals surface area contributed by atoms with E-state index in [-0.39, 0.29) is 11.8 Å². The van der Waals surface area contributed by atoms with Gasteiger partial charge >= 0.3 is 0 Å². The highest BCUT2D eigenvalue weighted by Gasteiger charge is 2.22. The molecule has 2 amide bonds. The molecule has 0 aliphatic rings. The monoisotopic (exact) mass is 522 g/mol. The first-order chi connectivity index (χ1) is 18.0. The van der Waals surface area contributed by atoms with Crippen molar-refractivity contribution in [3.63, 3.8) is 0 Å². The van der Waals surface area contributed by atoms with E-state index in [2.05, 4.69) is 10.6 Å². The molecule has 0 heterocycles. The number of thioether (sulfide) groups is 1. The van der Waals surface area contributed by atoms with Crippen LogP contribution in [0.2, 0.25) is 5.02 Å². The Morgan fingerprint density at radius 2 is 1.38 bits per heavy atom. The van der Waals surface area contributed by atoms with Gasteiger partial charge in [-0.25, -0.2) is 0 Å². The van der Waals surface area contributed by atoms with Crippen molar-refractivity contribution in [2.24, 2.45) is 0 Å². The number of hydrogen-bond acceptors (Lipinski definition) is 3. The van der Waals surface area contributed by atoms with E-state index in [0.29, 0.717) is 22.0 Å². The molecule has 5 aromatic carbocycles. The summed E-state index contributed by atoms with van der Waals surface area (Å²) in [6, 6.07) is 37.8. The third-order valence-corrected chi connectivity index (χ3v) is 7.31. The fourth-order valence-electron chi connectivity index (χ4n) is 3.96. The van der Waals surface area contributed by atoms with Crippen molar-refractivity contribution < 1.29 is 9.59 Å². The summed E-state index contributed by atoms with van der Waals surface area (Å²) in [6.45, 7) is 0. The number of fused-ring (bicyclic) bond motifs is 1. The van der Waals surface area contributed by atoms with Crippen LogP contribution >= 0.6 is 23.4 Å². The largest absolute Gasteiger partial charge is 0.325 e. The minimum absolute atomic E-state index is 0.149. The third-order valence-electron chi connectivity index (χ3n) is 5.81. The highest BCUT2D eigenvalue weighted by molar-refractivity contribution is 8.00. The van der Waals surface area contributed by atoms with E-state index in [9.17, 15) is 9.59 Å². The van der Waals surface area contributed by atoms with E-state index in [1.165, 1.54) is 11.8 Å². The number of anilines is 2. The molecule has 0 bridgehead atoms. The molecule has 6 heteroatoms. The maximum absolute atomic E-state index is 13.3. The van der Waals surface area contributed by atoms with Gasteiger partial charge in [0.1, 0.15) is 5.25 Å². The summed E-state index contributed by atoms with van der Waals surface area (Å²) >= 11 is 7.40. The maximum Gasteiger partial charge on any atom is 0.255 e. The first-order valence-corrected chi connectivity index (χ1v) is 13.0. The summed E-state index contributed by atoms with van der Waals surface area (Å²) in [6.07, 6.45) is 0. The van der Waals surface area contributed by atoms with Crippen LogP contribution in [0.15, 0.2) is 126 Å². The Hall–Kier alpha value is -4.06. The van der Waals surface area contributed by atoms with Gasteiger partial charge < -0.3 is 10.6 Å². The number of carbonyl (C=O) groups is 2. The molecule has 0 radical (unpaired) electrons. The predicted octanol–water partition coefficient (Wildman–Crippen LogP) is 8.22. The highest BCUT2D eigenvalue weighted by Crippen LogP contribution is 2.37. The number of amides is 2. The van der Waals surface area contributed by atoms with Crippen molar-refractivity contribution in [1.29, 1.82) is 0 Å². The lowest BCUT2D eigenvalue weighted by Gasteiger charge is -2.18. The summed E-state index contributed by atoms with van der Waals surface area (Å²) in [4.78, 5) is 27.1. The Kier molecular flexibility index (Phi) is 7.54. The van der Waals surface area contributed by atoms with Crippen LogP contribution in [0, 0.1) is 0 Å². The lowest BCUT2D eigenvalue weighted by Crippen LogP contribution is -2.19. The second-order valence-electron chi connectivity index (χ2n) is 8.45. The zero-order valence-electron chi connectivity index (χ0n) is 19.7. The molecular weight excluding hydrogens is 500 g/mol. The van der Waals surface area contributed by atoms with Gasteiger partial charge in [0.15, 0.2) is 0 Å². The Morgan fingerprint density at radius 3 is 2.16 bits per heavy atom. The molecule has 5 aromatic rings. The van der Waals surface area contributed by atoms with Crippen LogP contribution < -0.4 is 10.6 Å². The van der Waals surface area contributed by atoms with Gasteiger partial charge in [-0.3, -0.25) is 9.59 Å². The van der Waals surface area contributed by atoms with Gasteiger partial charge in [-0.2, -0.15) is 0 Å².